The molecule has 0 bridgehead atoms. The van der Waals surface area contributed by atoms with E-state index in [1.54, 1.807) is 48.5 Å². The average molecular weight is 376 g/mol. The van der Waals surface area contributed by atoms with Crippen molar-refractivity contribution in [2.24, 2.45) is 0 Å². The molecule has 0 aliphatic heterocycles. The molecule has 2 rings (SSSR count). The fourth-order valence-corrected chi connectivity index (χ4v) is 2.64. The number of halogens is 1. The molecule has 2 aromatic carbocycles. The van der Waals surface area contributed by atoms with Crippen molar-refractivity contribution in [3.8, 4) is 0 Å². The molecule has 0 radical (unpaired) electrons. The summed E-state index contributed by atoms with van der Waals surface area (Å²) in [5.74, 6) is -0.331. The first-order chi connectivity index (χ1) is 12.1. The molecule has 0 aliphatic rings. The summed E-state index contributed by atoms with van der Waals surface area (Å²) < 4.78 is 0. The number of benzene rings is 2. The van der Waals surface area contributed by atoms with Crippen molar-refractivity contribution in [1.82, 2.24) is 4.90 Å². The first kappa shape index (κ1) is 21.5. The molecule has 3 N–H and O–H groups in total. The maximum absolute atomic E-state index is 12.7. The molecular formula is C20H26ClN3O2. The zero-order chi connectivity index (χ0) is 18.2. The quantitative estimate of drug-likeness (QED) is 0.712. The third kappa shape index (κ3) is 5.49. The molecule has 0 saturated heterocycles. The van der Waals surface area contributed by atoms with Crippen molar-refractivity contribution in [3.05, 3.63) is 59.7 Å². The van der Waals surface area contributed by atoms with E-state index in [0.717, 1.165) is 12.8 Å². The Morgan fingerprint density at radius 3 is 2.19 bits per heavy atom. The van der Waals surface area contributed by atoms with E-state index in [1.807, 2.05) is 18.7 Å². The molecule has 5 nitrogen and oxygen atoms in total. The van der Waals surface area contributed by atoms with E-state index in [-0.39, 0.29) is 24.2 Å². The molecule has 0 saturated carbocycles. The molecule has 0 fully saturated rings. The Morgan fingerprint density at radius 1 is 0.962 bits per heavy atom. The lowest BCUT2D eigenvalue weighted by Crippen LogP contribution is -2.32. The molecular weight excluding hydrogens is 350 g/mol. The smallest absolute Gasteiger partial charge is 0.255 e. The summed E-state index contributed by atoms with van der Waals surface area (Å²) in [4.78, 5) is 27.0. The Morgan fingerprint density at radius 2 is 1.58 bits per heavy atom. The van der Waals surface area contributed by atoms with Crippen LogP contribution in [0.5, 0.6) is 0 Å². The number of carbonyl (C=O) groups is 2. The average Bonchev–Trinajstić information content (AvgIpc) is 2.63. The summed E-state index contributed by atoms with van der Waals surface area (Å²) in [6, 6.07) is 13.9. The van der Waals surface area contributed by atoms with Gasteiger partial charge in [0.2, 0.25) is 0 Å². The number of hydrogen-bond donors (Lipinski definition) is 2. The maximum atomic E-state index is 12.7. The highest BCUT2D eigenvalue weighted by Gasteiger charge is 2.16. The molecule has 0 atom stereocenters. The van der Waals surface area contributed by atoms with E-state index in [1.165, 1.54) is 0 Å². The summed E-state index contributed by atoms with van der Waals surface area (Å²) in [6.07, 6.45) is 1.80. The Balaban J connectivity index is 0.00000338. The number of para-hydroxylation sites is 2. The van der Waals surface area contributed by atoms with Crippen LogP contribution >= 0.6 is 12.4 Å². The number of nitrogens with two attached hydrogens (primary N) is 1. The standard InChI is InChI=1S/C20H25N3O2.ClH/c1-3-12-23(13-4-2)20(25)16-9-7-8-15(14-16)19(24)22-18-11-6-5-10-17(18)21;/h5-11,14H,3-4,12-13,21H2,1-2H3,(H,22,24);1H. The van der Waals surface area contributed by atoms with Crippen LogP contribution in [-0.4, -0.2) is 29.8 Å². The van der Waals surface area contributed by atoms with Gasteiger partial charge >= 0.3 is 0 Å². The van der Waals surface area contributed by atoms with Crippen molar-refractivity contribution in [1.29, 1.82) is 0 Å². The Kier molecular flexibility index (Phi) is 8.65. The molecule has 2 aromatic rings. The second-order valence-electron chi connectivity index (χ2n) is 5.91. The van der Waals surface area contributed by atoms with Gasteiger partial charge in [-0.2, -0.15) is 0 Å². The van der Waals surface area contributed by atoms with Crippen LogP contribution in [0.3, 0.4) is 0 Å². The summed E-state index contributed by atoms with van der Waals surface area (Å²) in [5.41, 5.74) is 7.87. The Labute approximate surface area is 161 Å². The van der Waals surface area contributed by atoms with Gasteiger partial charge in [0, 0.05) is 24.2 Å². The van der Waals surface area contributed by atoms with Gasteiger partial charge in [-0.1, -0.05) is 32.0 Å². The largest absolute Gasteiger partial charge is 0.397 e. The first-order valence-electron chi connectivity index (χ1n) is 8.62. The zero-order valence-electron chi connectivity index (χ0n) is 15.2. The summed E-state index contributed by atoms with van der Waals surface area (Å²) >= 11 is 0. The molecule has 2 amide bonds. The Bertz CT molecular complexity index is 743. The molecule has 26 heavy (non-hydrogen) atoms. The second-order valence-corrected chi connectivity index (χ2v) is 5.91. The van der Waals surface area contributed by atoms with E-state index < -0.39 is 0 Å². The highest BCUT2D eigenvalue weighted by atomic mass is 35.5. The number of nitrogens with zero attached hydrogens (tertiary/aromatic N) is 1. The van der Waals surface area contributed by atoms with Crippen molar-refractivity contribution in [2.75, 3.05) is 24.1 Å². The number of nitrogens with one attached hydrogen (secondary N) is 1. The SMILES string of the molecule is CCCN(CCC)C(=O)c1cccc(C(=O)Nc2ccccc2N)c1.Cl. The van der Waals surface area contributed by atoms with Gasteiger partial charge in [0.25, 0.3) is 11.8 Å². The summed E-state index contributed by atoms with van der Waals surface area (Å²) in [6.45, 7) is 5.52. The number of amides is 2. The predicted molar refractivity (Wildman–Crippen MR) is 109 cm³/mol. The van der Waals surface area contributed by atoms with E-state index >= 15 is 0 Å². The Hall–Kier alpha value is -2.53. The minimum Gasteiger partial charge on any atom is -0.397 e. The van der Waals surface area contributed by atoms with Crippen LogP contribution in [0.15, 0.2) is 48.5 Å². The first-order valence-corrected chi connectivity index (χ1v) is 8.62. The molecule has 0 unspecified atom stereocenters. The number of carbonyl (C=O) groups excluding carboxylic acids is 2. The van der Waals surface area contributed by atoms with Gasteiger partial charge in [-0.25, -0.2) is 0 Å². The zero-order valence-corrected chi connectivity index (χ0v) is 16.0. The summed E-state index contributed by atoms with van der Waals surface area (Å²) in [7, 11) is 0. The monoisotopic (exact) mass is 375 g/mol. The number of nitrogen functional groups attached to an aromatic ring is 1. The number of hydrogen-bond acceptors (Lipinski definition) is 3. The second kappa shape index (κ2) is 10.5. The van der Waals surface area contributed by atoms with Crippen LogP contribution in [-0.2, 0) is 0 Å². The normalized spacial score (nSPS) is 9.92. The topological polar surface area (TPSA) is 75.4 Å². The molecule has 0 spiro atoms. The van der Waals surface area contributed by atoms with Gasteiger partial charge in [0.05, 0.1) is 11.4 Å². The minimum atomic E-state index is -0.287. The van der Waals surface area contributed by atoms with Gasteiger partial charge in [-0.3, -0.25) is 9.59 Å². The highest BCUT2D eigenvalue weighted by Crippen LogP contribution is 2.18. The summed E-state index contributed by atoms with van der Waals surface area (Å²) in [5, 5.41) is 2.78. The van der Waals surface area contributed by atoms with Crippen LogP contribution in [0.4, 0.5) is 11.4 Å². The molecule has 0 aliphatic carbocycles. The predicted octanol–water partition coefficient (Wildman–Crippen LogP) is 4.21. The van der Waals surface area contributed by atoms with Gasteiger partial charge < -0.3 is 16.0 Å². The van der Waals surface area contributed by atoms with Gasteiger partial charge in [0.1, 0.15) is 0 Å². The third-order valence-corrected chi connectivity index (χ3v) is 3.85. The fraction of sp³-hybridized carbons (Fsp3) is 0.300. The third-order valence-electron chi connectivity index (χ3n) is 3.85. The van der Waals surface area contributed by atoms with Crippen LogP contribution in [0.25, 0.3) is 0 Å². The molecule has 0 aromatic heterocycles. The number of rotatable bonds is 7. The van der Waals surface area contributed by atoms with E-state index in [0.29, 0.717) is 35.6 Å². The fourth-order valence-electron chi connectivity index (χ4n) is 2.64. The van der Waals surface area contributed by atoms with Crippen LogP contribution < -0.4 is 11.1 Å². The van der Waals surface area contributed by atoms with Gasteiger partial charge in [0.15, 0.2) is 0 Å². The lowest BCUT2D eigenvalue weighted by molar-refractivity contribution is 0.0755. The van der Waals surface area contributed by atoms with Gasteiger partial charge in [-0.15, -0.1) is 12.4 Å². The van der Waals surface area contributed by atoms with E-state index in [9.17, 15) is 9.59 Å². The number of anilines is 2. The lowest BCUT2D eigenvalue weighted by atomic mass is 10.1. The van der Waals surface area contributed by atoms with Crippen molar-refractivity contribution in [2.45, 2.75) is 26.7 Å². The molecule has 0 heterocycles. The van der Waals surface area contributed by atoms with Crippen LogP contribution in [0.2, 0.25) is 0 Å². The van der Waals surface area contributed by atoms with Crippen LogP contribution in [0.1, 0.15) is 47.4 Å². The molecule has 140 valence electrons. The van der Waals surface area contributed by atoms with E-state index in [4.69, 9.17) is 5.73 Å². The van der Waals surface area contributed by atoms with Gasteiger partial charge in [-0.05, 0) is 43.2 Å². The van der Waals surface area contributed by atoms with Crippen LogP contribution in [0, 0.1) is 0 Å². The van der Waals surface area contributed by atoms with Crippen molar-refractivity contribution >= 4 is 35.6 Å². The maximum Gasteiger partial charge on any atom is 0.255 e. The lowest BCUT2D eigenvalue weighted by Gasteiger charge is -2.21. The van der Waals surface area contributed by atoms with Crippen molar-refractivity contribution in [3.63, 3.8) is 0 Å². The minimum absolute atomic E-state index is 0. The molecule has 6 heteroatoms. The van der Waals surface area contributed by atoms with E-state index in [2.05, 4.69) is 5.32 Å². The van der Waals surface area contributed by atoms with Crippen molar-refractivity contribution < 1.29 is 9.59 Å². The highest BCUT2D eigenvalue weighted by molar-refractivity contribution is 6.07.